The van der Waals surface area contributed by atoms with Crippen LogP contribution in [-0.2, 0) is 10.3 Å². The van der Waals surface area contributed by atoms with Crippen LogP contribution in [0.3, 0.4) is 0 Å². The molecule has 35 heavy (non-hydrogen) atoms. The summed E-state index contributed by atoms with van der Waals surface area (Å²) in [6.45, 7) is 9.25. The Morgan fingerprint density at radius 1 is 1.14 bits per heavy atom. The first-order chi connectivity index (χ1) is 16.9. The Morgan fingerprint density at radius 3 is 2.46 bits per heavy atom. The van der Waals surface area contributed by atoms with Crippen molar-refractivity contribution in [2.24, 2.45) is 0 Å². The molecule has 2 aromatic heterocycles. The van der Waals surface area contributed by atoms with E-state index in [0.717, 1.165) is 58.6 Å². The number of hydrogen-bond acceptors (Lipinski definition) is 3. The van der Waals surface area contributed by atoms with Crippen LogP contribution in [0.4, 0.5) is 4.79 Å². The van der Waals surface area contributed by atoms with Gasteiger partial charge in [-0.1, -0.05) is 85.4 Å². The molecule has 2 aromatic carbocycles. The average molecular weight is 484 g/mol. The number of rotatable bonds is 6. The molecule has 1 aliphatic rings. The summed E-state index contributed by atoms with van der Waals surface area (Å²) >= 11 is 6.44. The highest BCUT2D eigenvalue weighted by molar-refractivity contribution is 6.30. The molecule has 1 aliphatic carbocycles. The number of imidazole rings is 1. The zero-order valence-electron chi connectivity index (χ0n) is 19.6. The molecule has 1 saturated carbocycles. The number of benzene rings is 2. The van der Waals surface area contributed by atoms with Crippen LogP contribution in [0.15, 0.2) is 85.8 Å². The normalized spacial score (nSPS) is 14.2. The van der Waals surface area contributed by atoms with Gasteiger partial charge in [0.1, 0.15) is 5.65 Å². The zero-order chi connectivity index (χ0) is 24.6. The van der Waals surface area contributed by atoms with Crippen LogP contribution in [0.25, 0.3) is 34.2 Å². The Balaban J connectivity index is 1.59. The highest BCUT2D eigenvalue weighted by Gasteiger charge is 2.40. The molecule has 0 saturated heterocycles. The van der Waals surface area contributed by atoms with Crippen LogP contribution >= 0.6 is 11.6 Å². The molecule has 4 aromatic rings. The van der Waals surface area contributed by atoms with Gasteiger partial charge in [0.15, 0.2) is 0 Å². The molecular formula is C29H26ClN3O2. The molecule has 0 unspecified atom stereocenters. The minimum Gasteiger partial charge on any atom is -0.416 e. The number of allylic oxidation sites excluding steroid dienone is 1. The maximum absolute atomic E-state index is 12.3. The van der Waals surface area contributed by atoms with Crippen molar-refractivity contribution in [3.05, 3.63) is 102 Å². The number of hydrogen-bond donors (Lipinski definition) is 1. The fourth-order valence-electron chi connectivity index (χ4n) is 4.70. The summed E-state index contributed by atoms with van der Waals surface area (Å²) in [6.07, 6.45) is 5.96. The Morgan fingerprint density at radius 2 is 1.86 bits per heavy atom. The molecule has 6 heteroatoms. The number of carbonyl (C=O) groups is 1. The van der Waals surface area contributed by atoms with Gasteiger partial charge in [-0.05, 0) is 37.8 Å². The predicted molar refractivity (Wildman–Crippen MR) is 141 cm³/mol. The van der Waals surface area contributed by atoms with E-state index in [1.807, 2.05) is 34.9 Å². The number of amides is 1. The third-order valence-corrected chi connectivity index (χ3v) is 6.72. The zero-order valence-corrected chi connectivity index (χ0v) is 20.3. The lowest BCUT2D eigenvalue weighted by molar-refractivity contribution is 0.132. The van der Waals surface area contributed by atoms with E-state index in [-0.39, 0.29) is 0 Å². The smallest absolute Gasteiger partial charge is 0.412 e. The van der Waals surface area contributed by atoms with Crippen LogP contribution in [0, 0.1) is 0 Å². The van der Waals surface area contributed by atoms with Gasteiger partial charge >= 0.3 is 6.09 Å². The lowest BCUT2D eigenvalue weighted by Gasteiger charge is -2.42. The standard InChI is InChI=1S/C29H26ClN3O2/c1-4-20-17-24(30)18-33-26(22-9-6-5-7-10-22)25(31-27(20)33)21-11-13-23(14-12-21)29(15-8-16-29)32-28(34)35-19(2)3/h4-7,9-14,17-18H,1-2,8,15-16H2,3H3,(H,32,34). The topological polar surface area (TPSA) is 55.6 Å². The molecule has 2 heterocycles. The summed E-state index contributed by atoms with van der Waals surface area (Å²) in [4.78, 5) is 17.3. The third kappa shape index (κ3) is 4.24. The van der Waals surface area contributed by atoms with Gasteiger partial charge in [0.2, 0.25) is 0 Å². The Bertz CT molecular complexity index is 1430. The van der Waals surface area contributed by atoms with Crippen molar-refractivity contribution in [3.8, 4) is 22.5 Å². The number of alkyl carbamates (subject to hydrolysis) is 1. The summed E-state index contributed by atoms with van der Waals surface area (Å²) in [7, 11) is 0. The van der Waals surface area contributed by atoms with Crippen LogP contribution in [0.2, 0.25) is 5.02 Å². The SMILES string of the molecule is C=Cc1cc(Cl)cn2c(-c3ccccc3)c(-c3ccc(C4(NC(=O)OC(=C)C)CCC4)cc3)nc12. The van der Waals surface area contributed by atoms with E-state index < -0.39 is 11.6 Å². The van der Waals surface area contributed by atoms with E-state index in [1.165, 1.54) is 0 Å². The highest BCUT2D eigenvalue weighted by atomic mass is 35.5. The van der Waals surface area contributed by atoms with Crippen LogP contribution in [0.1, 0.15) is 37.3 Å². The summed E-state index contributed by atoms with van der Waals surface area (Å²) < 4.78 is 7.18. The van der Waals surface area contributed by atoms with E-state index in [0.29, 0.717) is 10.8 Å². The summed E-state index contributed by atoms with van der Waals surface area (Å²) in [5.41, 5.74) is 6.11. The van der Waals surface area contributed by atoms with Gasteiger partial charge in [-0.3, -0.25) is 4.40 Å². The number of aromatic nitrogens is 2. The number of nitrogens with zero attached hydrogens (tertiary/aromatic N) is 2. The number of fused-ring (bicyclic) bond motifs is 1. The molecule has 1 N–H and O–H groups in total. The molecular weight excluding hydrogens is 458 g/mol. The molecule has 0 radical (unpaired) electrons. The van der Waals surface area contributed by atoms with Crippen molar-refractivity contribution >= 4 is 29.4 Å². The van der Waals surface area contributed by atoms with Crippen LogP contribution < -0.4 is 5.32 Å². The van der Waals surface area contributed by atoms with Gasteiger partial charge in [0, 0.05) is 22.9 Å². The van der Waals surface area contributed by atoms with Gasteiger partial charge in [-0.15, -0.1) is 0 Å². The van der Waals surface area contributed by atoms with Crippen molar-refractivity contribution in [1.82, 2.24) is 14.7 Å². The lowest BCUT2D eigenvalue weighted by Crippen LogP contribution is -2.50. The van der Waals surface area contributed by atoms with Crippen molar-refractivity contribution in [3.63, 3.8) is 0 Å². The average Bonchev–Trinajstić information content (AvgIpc) is 3.20. The van der Waals surface area contributed by atoms with Gasteiger partial charge < -0.3 is 10.1 Å². The predicted octanol–water partition coefficient (Wildman–Crippen LogP) is 7.60. The first kappa shape index (κ1) is 22.9. The second-order valence-electron chi connectivity index (χ2n) is 8.92. The largest absolute Gasteiger partial charge is 0.416 e. The Labute approximate surface area is 209 Å². The molecule has 0 atom stereocenters. The van der Waals surface area contributed by atoms with Crippen LogP contribution in [0.5, 0.6) is 0 Å². The maximum Gasteiger partial charge on any atom is 0.412 e. The molecule has 1 fully saturated rings. The van der Waals surface area contributed by atoms with E-state index >= 15 is 0 Å². The fourth-order valence-corrected chi connectivity index (χ4v) is 4.92. The Kier molecular flexibility index (Phi) is 5.95. The maximum atomic E-state index is 12.3. The molecule has 0 bridgehead atoms. The van der Waals surface area contributed by atoms with E-state index in [9.17, 15) is 4.79 Å². The molecule has 1 amide bonds. The van der Waals surface area contributed by atoms with Gasteiger partial charge in [0.05, 0.1) is 27.7 Å². The van der Waals surface area contributed by atoms with Gasteiger partial charge in [-0.2, -0.15) is 0 Å². The lowest BCUT2D eigenvalue weighted by atomic mass is 9.71. The number of nitrogens with one attached hydrogen (secondary N) is 1. The Hall–Kier alpha value is -3.83. The molecule has 176 valence electrons. The van der Waals surface area contributed by atoms with E-state index in [2.05, 4.69) is 54.9 Å². The molecule has 0 aliphatic heterocycles. The van der Waals surface area contributed by atoms with Crippen molar-refractivity contribution < 1.29 is 9.53 Å². The molecule has 5 rings (SSSR count). The van der Waals surface area contributed by atoms with E-state index in [4.69, 9.17) is 21.3 Å². The van der Waals surface area contributed by atoms with Crippen molar-refractivity contribution in [1.29, 1.82) is 0 Å². The minimum absolute atomic E-state index is 0.367. The number of carbonyl (C=O) groups excluding carboxylic acids is 1. The van der Waals surface area contributed by atoms with Crippen molar-refractivity contribution in [2.75, 3.05) is 0 Å². The van der Waals surface area contributed by atoms with Gasteiger partial charge in [0.25, 0.3) is 0 Å². The highest BCUT2D eigenvalue weighted by Crippen LogP contribution is 2.42. The summed E-state index contributed by atoms with van der Waals surface area (Å²) in [5.74, 6) is 0.367. The first-order valence-electron chi connectivity index (χ1n) is 11.6. The second kappa shape index (κ2) is 9.08. The summed E-state index contributed by atoms with van der Waals surface area (Å²) in [5, 5.41) is 3.66. The number of pyridine rings is 1. The van der Waals surface area contributed by atoms with Gasteiger partial charge in [-0.25, -0.2) is 9.78 Å². The monoisotopic (exact) mass is 483 g/mol. The van der Waals surface area contributed by atoms with Crippen molar-refractivity contribution in [2.45, 2.75) is 31.7 Å². The quantitative estimate of drug-likeness (QED) is 0.287. The number of ether oxygens (including phenoxy) is 1. The minimum atomic E-state index is -0.471. The molecule has 0 spiro atoms. The number of halogens is 1. The second-order valence-corrected chi connectivity index (χ2v) is 9.35. The third-order valence-electron chi connectivity index (χ3n) is 6.51. The van der Waals surface area contributed by atoms with Crippen LogP contribution in [-0.4, -0.2) is 15.5 Å². The fraction of sp³-hybridized carbons (Fsp3) is 0.172. The molecule has 5 nitrogen and oxygen atoms in total. The van der Waals surface area contributed by atoms with E-state index in [1.54, 1.807) is 13.0 Å². The summed E-state index contributed by atoms with van der Waals surface area (Å²) in [6, 6.07) is 20.3. The first-order valence-corrected chi connectivity index (χ1v) is 11.9.